The molecule has 0 aliphatic carbocycles. The lowest BCUT2D eigenvalue weighted by molar-refractivity contribution is 0.0697. The smallest absolute Gasteiger partial charge is 0.341 e. The van der Waals surface area contributed by atoms with Gasteiger partial charge in [0.15, 0.2) is 17.4 Å². The van der Waals surface area contributed by atoms with E-state index in [0.29, 0.717) is 0 Å². The van der Waals surface area contributed by atoms with Crippen molar-refractivity contribution in [1.29, 1.82) is 0 Å². The Bertz CT molecular complexity index is 533. The fourth-order valence-corrected chi connectivity index (χ4v) is 1.20. The van der Waals surface area contributed by atoms with Gasteiger partial charge in [-0.3, -0.25) is 4.98 Å². The number of aromatic carboxylic acids is 1. The number of carbonyl (C=O) groups is 1. The van der Waals surface area contributed by atoms with Gasteiger partial charge in [-0.1, -0.05) is 5.16 Å². The Kier molecular flexibility index (Phi) is 2.35. The summed E-state index contributed by atoms with van der Waals surface area (Å²) >= 11 is 0. The molecule has 0 fully saturated rings. The second kappa shape index (κ2) is 3.69. The summed E-state index contributed by atoms with van der Waals surface area (Å²) in [5.74, 6) is -3.88. The minimum Gasteiger partial charge on any atom is -0.477 e. The summed E-state index contributed by atoms with van der Waals surface area (Å²) in [5, 5.41) is 11.9. The fourth-order valence-electron chi connectivity index (χ4n) is 1.20. The van der Waals surface area contributed by atoms with E-state index in [-0.39, 0.29) is 0 Å². The van der Waals surface area contributed by atoms with E-state index in [1.54, 1.807) is 0 Å². The zero-order valence-corrected chi connectivity index (χ0v) is 7.65. The van der Waals surface area contributed by atoms with Gasteiger partial charge in [-0.05, 0) is 0 Å². The molecule has 0 amide bonds. The maximum atomic E-state index is 13.3. The van der Waals surface area contributed by atoms with Gasteiger partial charge in [0, 0.05) is 0 Å². The molecule has 0 unspecified atom stereocenters. The maximum Gasteiger partial charge on any atom is 0.341 e. The van der Waals surface area contributed by atoms with Crippen LogP contribution in [0.1, 0.15) is 10.4 Å². The van der Waals surface area contributed by atoms with E-state index in [9.17, 15) is 13.6 Å². The van der Waals surface area contributed by atoms with Gasteiger partial charge in [0.05, 0.1) is 24.2 Å². The molecule has 7 heteroatoms. The van der Waals surface area contributed by atoms with E-state index in [4.69, 9.17) is 5.11 Å². The largest absolute Gasteiger partial charge is 0.477 e. The number of halogens is 2. The third-order valence-corrected chi connectivity index (χ3v) is 1.88. The lowest BCUT2D eigenvalue weighted by Crippen LogP contribution is -1.99. The predicted molar refractivity (Wildman–Crippen MR) is 46.6 cm³/mol. The van der Waals surface area contributed by atoms with Crippen LogP contribution in [0.5, 0.6) is 0 Å². The zero-order chi connectivity index (χ0) is 11.7. The van der Waals surface area contributed by atoms with Gasteiger partial charge in [-0.2, -0.15) is 0 Å². The quantitative estimate of drug-likeness (QED) is 0.843. The number of nitrogens with zero attached hydrogens (tertiary/aromatic N) is 2. The van der Waals surface area contributed by atoms with E-state index in [2.05, 4.69) is 14.7 Å². The highest BCUT2D eigenvalue weighted by atomic mass is 19.1. The molecule has 0 aromatic carbocycles. The first-order chi connectivity index (χ1) is 7.61. The first kappa shape index (κ1) is 10.2. The average molecular weight is 226 g/mol. The Morgan fingerprint density at radius 2 is 1.88 bits per heavy atom. The van der Waals surface area contributed by atoms with Gasteiger partial charge in [0.1, 0.15) is 5.56 Å². The molecule has 16 heavy (non-hydrogen) atoms. The van der Waals surface area contributed by atoms with Crippen molar-refractivity contribution in [2.24, 2.45) is 0 Å². The van der Waals surface area contributed by atoms with Gasteiger partial charge in [-0.15, -0.1) is 0 Å². The molecule has 0 spiro atoms. The molecule has 2 rings (SSSR count). The first-order valence-corrected chi connectivity index (χ1v) is 4.08. The van der Waals surface area contributed by atoms with Gasteiger partial charge in [0.2, 0.25) is 0 Å². The Balaban J connectivity index is 2.68. The number of hydrogen-bond acceptors (Lipinski definition) is 4. The summed E-state index contributed by atoms with van der Waals surface area (Å²) < 4.78 is 31.1. The van der Waals surface area contributed by atoms with E-state index in [1.165, 1.54) is 0 Å². The molecule has 2 heterocycles. The zero-order valence-electron chi connectivity index (χ0n) is 7.65. The number of carboxylic acids is 1. The molecule has 0 atom stereocenters. The van der Waals surface area contributed by atoms with E-state index >= 15 is 0 Å². The van der Waals surface area contributed by atoms with Crippen LogP contribution >= 0.6 is 0 Å². The third-order valence-electron chi connectivity index (χ3n) is 1.88. The van der Waals surface area contributed by atoms with Crippen LogP contribution in [0.15, 0.2) is 23.1 Å². The van der Waals surface area contributed by atoms with Crippen molar-refractivity contribution in [3.05, 3.63) is 35.8 Å². The van der Waals surface area contributed by atoms with Crippen molar-refractivity contribution < 1.29 is 23.2 Å². The summed E-state index contributed by atoms with van der Waals surface area (Å²) in [6.45, 7) is 0. The van der Waals surface area contributed by atoms with Crippen molar-refractivity contribution >= 4 is 5.97 Å². The van der Waals surface area contributed by atoms with Crippen molar-refractivity contribution in [2.75, 3.05) is 0 Å². The highest BCUT2D eigenvalue weighted by Gasteiger charge is 2.23. The SMILES string of the molecule is O=C(O)c1cnoc1-c1c(F)cncc1F. The molecule has 0 aliphatic heterocycles. The first-order valence-electron chi connectivity index (χ1n) is 4.08. The molecule has 82 valence electrons. The maximum absolute atomic E-state index is 13.3. The van der Waals surface area contributed by atoms with Crippen molar-refractivity contribution in [2.45, 2.75) is 0 Å². The second-order valence-electron chi connectivity index (χ2n) is 2.85. The van der Waals surface area contributed by atoms with Crippen LogP contribution in [0, 0.1) is 11.6 Å². The summed E-state index contributed by atoms with van der Waals surface area (Å²) in [7, 11) is 0. The van der Waals surface area contributed by atoms with Crippen LogP contribution in [0.25, 0.3) is 11.3 Å². The minimum absolute atomic E-state index is 0.413. The Labute approximate surface area is 87.3 Å². The molecule has 0 bridgehead atoms. The van der Waals surface area contributed by atoms with Crippen LogP contribution in [-0.2, 0) is 0 Å². The van der Waals surface area contributed by atoms with Gasteiger partial charge in [-0.25, -0.2) is 13.6 Å². The Morgan fingerprint density at radius 1 is 1.25 bits per heavy atom. The number of carboxylic acid groups (broad SMARTS) is 1. The minimum atomic E-state index is -1.38. The van der Waals surface area contributed by atoms with Crippen LogP contribution in [0.4, 0.5) is 8.78 Å². The fraction of sp³-hybridized carbons (Fsp3) is 0. The topological polar surface area (TPSA) is 76.2 Å². The summed E-state index contributed by atoms with van der Waals surface area (Å²) in [5.41, 5.74) is -1.01. The summed E-state index contributed by atoms with van der Waals surface area (Å²) in [4.78, 5) is 14.0. The molecule has 0 aliphatic rings. The second-order valence-corrected chi connectivity index (χ2v) is 2.85. The van der Waals surface area contributed by atoms with Crippen LogP contribution < -0.4 is 0 Å². The highest BCUT2D eigenvalue weighted by molar-refractivity contribution is 5.93. The molecular weight excluding hydrogens is 222 g/mol. The van der Waals surface area contributed by atoms with Gasteiger partial charge < -0.3 is 9.63 Å². The van der Waals surface area contributed by atoms with Crippen molar-refractivity contribution in [3.63, 3.8) is 0 Å². The third kappa shape index (κ3) is 1.52. The molecule has 1 N–H and O–H groups in total. The van der Waals surface area contributed by atoms with E-state index < -0.39 is 34.5 Å². The van der Waals surface area contributed by atoms with E-state index in [1.807, 2.05) is 0 Å². The Morgan fingerprint density at radius 3 is 2.44 bits per heavy atom. The van der Waals surface area contributed by atoms with E-state index in [0.717, 1.165) is 18.6 Å². The van der Waals surface area contributed by atoms with Crippen LogP contribution in [0.3, 0.4) is 0 Å². The molecule has 2 aromatic heterocycles. The average Bonchev–Trinajstić information content (AvgIpc) is 2.66. The van der Waals surface area contributed by atoms with Gasteiger partial charge >= 0.3 is 5.97 Å². The standard InChI is InChI=1S/C9H4F2N2O3/c10-5-2-12-3-6(11)7(5)8-4(9(14)15)1-13-16-8/h1-3H,(H,14,15). The molecular formula is C9H4F2N2O3. The van der Waals surface area contributed by atoms with Crippen LogP contribution in [0.2, 0.25) is 0 Å². The lowest BCUT2D eigenvalue weighted by atomic mass is 10.1. The molecule has 5 nitrogen and oxygen atoms in total. The Hall–Kier alpha value is -2.31. The number of aromatic nitrogens is 2. The normalized spacial score (nSPS) is 10.4. The number of hydrogen-bond donors (Lipinski definition) is 1. The monoisotopic (exact) mass is 226 g/mol. The molecule has 2 aromatic rings. The van der Waals surface area contributed by atoms with Crippen molar-refractivity contribution in [1.82, 2.24) is 10.1 Å². The van der Waals surface area contributed by atoms with Crippen LogP contribution in [-0.4, -0.2) is 21.2 Å². The molecule has 0 saturated heterocycles. The molecule has 0 saturated carbocycles. The van der Waals surface area contributed by atoms with Gasteiger partial charge in [0.25, 0.3) is 0 Å². The lowest BCUT2D eigenvalue weighted by Gasteiger charge is -2.00. The molecule has 0 radical (unpaired) electrons. The predicted octanol–water partition coefficient (Wildman–Crippen LogP) is 1.71. The number of rotatable bonds is 2. The summed E-state index contributed by atoms with van der Waals surface area (Å²) in [6.07, 6.45) is 2.39. The highest BCUT2D eigenvalue weighted by Crippen LogP contribution is 2.28. The summed E-state index contributed by atoms with van der Waals surface area (Å²) in [6, 6.07) is 0. The van der Waals surface area contributed by atoms with Crippen molar-refractivity contribution in [3.8, 4) is 11.3 Å². The number of pyridine rings is 1.